The van der Waals surface area contributed by atoms with Crippen molar-refractivity contribution in [2.75, 3.05) is 27.9 Å². The summed E-state index contributed by atoms with van der Waals surface area (Å²) in [5.41, 5.74) is -2.92. The number of methoxy groups -OCH3 is 3. The maximum atomic E-state index is 14.5. The summed E-state index contributed by atoms with van der Waals surface area (Å²) in [5.74, 6) is -5.24. The van der Waals surface area contributed by atoms with Crippen molar-refractivity contribution in [2.24, 2.45) is 5.92 Å². The van der Waals surface area contributed by atoms with Crippen LogP contribution in [0.1, 0.15) is 31.9 Å². The van der Waals surface area contributed by atoms with Crippen LogP contribution in [0.4, 0.5) is 13.2 Å². The Labute approximate surface area is 247 Å². The second kappa shape index (κ2) is 13.3. The van der Waals surface area contributed by atoms with E-state index in [0.29, 0.717) is 4.90 Å². The zero-order valence-electron chi connectivity index (χ0n) is 24.7. The molecule has 0 saturated heterocycles. The number of ether oxygens (including phenoxy) is 3. The summed E-state index contributed by atoms with van der Waals surface area (Å²) in [7, 11) is 4.01. The molecule has 1 aliphatic rings. The molecule has 10 nitrogen and oxygen atoms in total. The third kappa shape index (κ3) is 6.82. The van der Waals surface area contributed by atoms with Crippen molar-refractivity contribution >= 4 is 29.2 Å². The van der Waals surface area contributed by atoms with Gasteiger partial charge in [-0.05, 0) is 29.7 Å². The van der Waals surface area contributed by atoms with Gasteiger partial charge in [0.15, 0.2) is 17.2 Å². The lowest BCUT2D eigenvalue weighted by Gasteiger charge is -2.49. The molecule has 1 heterocycles. The number of ketones is 1. The Hall–Kier alpha value is -4.39. The van der Waals surface area contributed by atoms with Crippen LogP contribution < -0.4 is 14.8 Å². The summed E-state index contributed by atoms with van der Waals surface area (Å²) >= 11 is 0. The first-order valence-corrected chi connectivity index (χ1v) is 13.2. The third-order valence-electron chi connectivity index (χ3n) is 6.84. The molecule has 0 bridgehead atoms. The van der Waals surface area contributed by atoms with E-state index in [0.717, 1.165) is 11.8 Å². The summed E-state index contributed by atoms with van der Waals surface area (Å²) in [5, 5.41) is 2.20. The monoisotopic (exact) mass is 605 g/mol. The average molecular weight is 606 g/mol. The van der Waals surface area contributed by atoms with Crippen molar-refractivity contribution in [2.45, 2.75) is 45.1 Å². The molecule has 0 aliphatic carbocycles. The highest BCUT2D eigenvalue weighted by molar-refractivity contribution is 6.06. The zero-order chi connectivity index (χ0) is 32.1. The summed E-state index contributed by atoms with van der Waals surface area (Å²) in [6.45, 7) is 3.72. The molecular formula is C30H34F3N3O7. The Morgan fingerprint density at radius 1 is 0.977 bits per heavy atom. The van der Waals surface area contributed by atoms with Gasteiger partial charge < -0.3 is 24.4 Å². The van der Waals surface area contributed by atoms with Gasteiger partial charge in [0.05, 0.1) is 19.9 Å². The molecule has 0 spiro atoms. The van der Waals surface area contributed by atoms with Gasteiger partial charge in [-0.2, -0.15) is 13.2 Å². The number of amides is 3. The van der Waals surface area contributed by atoms with Gasteiger partial charge in [-0.25, -0.2) is 0 Å². The summed E-state index contributed by atoms with van der Waals surface area (Å²) in [6.07, 6.45) is -5.03. The van der Waals surface area contributed by atoms with Gasteiger partial charge in [-0.1, -0.05) is 44.2 Å². The van der Waals surface area contributed by atoms with Crippen molar-refractivity contribution in [3.05, 3.63) is 65.9 Å². The molecule has 43 heavy (non-hydrogen) atoms. The lowest BCUT2D eigenvalue weighted by atomic mass is 9.87. The normalized spacial score (nSPS) is 16.8. The van der Waals surface area contributed by atoms with Crippen molar-refractivity contribution in [1.29, 1.82) is 0 Å². The molecule has 13 heteroatoms. The second-order valence-corrected chi connectivity index (χ2v) is 10.2. The molecule has 0 saturated carbocycles. The van der Waals surface area contributed by atoms with Gasteiger partial charge in [-0.15, -0.1) is 0 Å². The Kier molecular flexibility index (Phi) is 10.2. The average Bonchev–Trinajstić information content (AvgIpc) is 2.95. The quantitative estimate of drug-likeness (QED) is 0.417. The molecule has 0 radical (unpaired) electrons. The van der Waals surface area contributed by atoms with Crippen molar-refractivity contribution in [3.8, 4) is 11.5 Å². The topological polar surface area (TPSA) is 114 Å². The molecule has 1 N–H and O–H groups in total. The number of nitrogens with one attached hydrogen (secondary N) is 1. The van der Waals surface area contributed by atoms with Gasteiger partial charge in [0, 0.05) is 32.2 Å². The predicted octanol–water partition coefficient (Wildman–Crippen LogP) is 3.55. The van der Waals surface area contributed by atoms with E-state index >= 15 is 0 Å². The van der Waals surface area contributed by atoms with E-state index in [1.807, 2.05) is 0 Å². The number of benzene rings is 2. The van der Waals surface area contributed by atoms with E-state index < -0.39 is 60.3 Å². The zero-order valence-corrected chi connectivity index (χ0v) is 24.7. The first-order chi connectivity index (χ1) is 20.2. The van der Waals surface area contributed by atoms with E-state index in [1.165, 1.54) is 57.9 Å². The highest BCUT2D eigenvalue weighted by Gasteiger charge is 2.61. The number of carbonyl (C=O) groups excluding carboxylic acids is 4. The van der Waals surface area contributed by atoms with Crippen molar-refractivity contribution in [1.82, 2.24) is 15.1 Å². The van der Waals surface area contributed by atoms with E-state index in [2.05, 4.69) is 5.32 Å². The highest BCUT2D eigenvalue weighted by Crippen LogP contribution is 2.41. The van der Waals surface area contributed by atoms with Crippen LogP contribution in [0.3, 0.4) is 0 Å². The van der Waals surface area contributed by atoms with Crippen LogP contribution >= 0.6 is 0 Å². The molecule has 0 fully saturated rings. The number of halogens is 3. The SMILES string of the molecule is COCC(=O)N1C=C(c2ccc(OC)c(OC)c2)N(C(Cc2ccccc2)(NC(C)=O)C(=O)C(F)(F)F)C(=O)C1C(C)C. The fraction of sp³-hybridized carbons (Fsp3) is 0.400. The van der Waals surface area contributed by atoms with Crippen LogP contribution in [0, 0.1) is 5.92 Å². The lowest BCUT2D eigenvalue weighted by Crippen LogP contribution is -2.73. The Morgan fingerprint density at radius 2 is 1.60 bits per heavy atom. The maximum Gasteiger partial charge on any atom is 0.454 e. The molecule has 2 aromatic carbocycles. The van der Waals surface area contributed by atoms with Crippen LogP contribution in [-0.2, 0) is 30.3 Å². The number of hydrogen-bond acceptors (Lipinski definition) is 7. The van der Waals surface area contributed by atoms with Crippen LogP contribution in [0.2, 0.25) is 0 Å². The number of hydrogen-bond donors (Lipinski definition) is 1. The molecule has 1 aliphatic heterocycles. The van der Waals surface area contributed by atoms with Gasteiger partial charge >= 0.3 is 6.18 Å². The minimum Gasteiger partial charge on any atom is -0.493 e. The summed E-state index contributed by atoms with van der Waals surface area (Å²) in [4.78, 5) is 55.6. The Bertz CT molecular complexity index is 1400. The summed E-state index contributed by atoms with van der Waals surface area (Å²) in [6, 6.07) is 10.6. The Balaban J connectivity index is 2.49. The largest absolute Gasteiger partial charge is 0.493 e. The number of nitrogens with zero attached hydrogens (tertiary/aromatic N) is 2. The minimum atomic E-state index is -5.49. The van der Waals surface area contributed by atoms with Crippen molar-refractivity contribution < 1.29 is 46.6 Å². The smallest absolute Gasteiger partial charge is 0.454 e. The molecule has 232 valence electrons. The number of alkyl halides is 3. The predicted molar refractivity (Wildman–Crippen MR) is 149 cm³/mol. The first-order valence-electron chi connectivity index (χ1n) is 13.2. The highest BCUT2D eigenvalue weighted by atomic mass is 19.4. The van der Waals surface area contributed by atoms with Crippen LogP contribution in [0.5, 0.6) is 11.5 Å². The van der Waals surface area contributed by atoms with E-state index in [9.17, 15) is 32.3 Å². The third-order valence-corrected chi connectivity index (χ3v) is 6.84. The van der Waals surface area contributed by atoms with Gasteiger partial charge in [0.2, 0.25) is 5.91 Å². The molecular weight excluding hydrogens is 571 g/mol. The van der Waals surface area contributed by atoms with E-state index in [-0.39, 0.29) is 28.3 Å². The number of carbonyl (C=O) groups is 4. The van der Waals surface area contributed by atoms with E-state index in [4.69, 9.17) is 14.2 Å². The van der Waals surface area contributed by atoms with Gasteiger partial charge in [-0.3, -0.25) is 24.1 Å². The van der Waals surface area contributed by atoms with Crippen LogP contribution in [-0.4, -0.2) is 79.1 Å². The van der Waals surface area contributed by atoms with Gasteiger partial charge in [0.25, 0.3) is 17.6 Å². The molecule has 3 rings (SSSR count). The molecule has 2 unspecified atom stereocenters. The fourth-order valence-electron chi connectivity index (χ4n) is 5.10. The standard InChI is InChI=1S/C30H34F3N3O7/c1-18(2)26-27(39)36(29(34-19(3)37,28(40)30(31,32)33)15-20-10-8-7-9-11-20)22(16-35(26)25(38)17-41-4)21-12-13-23(42-5)24(14-21)43-6/h7-14,16,18,26H,15,17H2,1-6H3,(H,34,37). The Morgan fingerprint density at radius 3 is 2.12 bits per heavy atom. The van der Waals surface area contributed by atoms with Crippen LogP contribution in [0.15, 0.2) is 54.7 Å². The van der Waals surface area contributed by atoms with E-state index in [1.54, 1.807) is 32.0 Å². The molecule has 3 amide bonds. The first kappa shape index (κ1) is 33.1. The number of Topliss-reactive ketones (excluding diaryl/α,β-unsaturated/α-hetero) is 1. The number of rotatable bonds is 11. The van der Waals surface area contributed by atoms with Crippen LogP contribution in [0.25, 0.3) is 5.70 Å². The maximum absolute atomic E-state index is 14.5. The van der Waals surface area contributed by atoms with Gasteiger partial charge in [0.1, 0.15) is 12.6 Å². The van der Waals surface area contributed by atoms with Crippen molar-refractivity contribution in [3.63, 3.8) is 0 Å². The molecule has 2 atom stereocenters. The lowest BCUT2D eigenvalue weighted by molar-refractivity contribution is -0.187. The fourth-order valence-corrected chi connectivity index (χ4v) is 5.10. The summed E-state index contributed by atoms with van der Waals surface area (Å²) < 4.78 is 59.2. The molecule has 2 aromatic rings. The minimum absolute atomic E-state index is 0.0983. The second-order valence-electron chi connectivity index (χ2n) is 10.2. The molecule has 0 aromatic heterocycles.